The van der Waals surface area contributed by atoms with Crippen LogP contribution in [0.1, 0.15) is 5.56 Å². The Morgan fingerprint density at radius 2 is 1.76 bits per heavy atom. The number of methoxy groups -OCH3 is 2. The quantitative estimate of drug-likeness (QED) is 0.393. The molecular weight excluding hydrogens is 429 g/mol. The fourth-order valence-corrected chi connectivity index (χ4v) is 3.12. The summed E-state index contributed by atoms with van der Waals surface area (Å²) in [4.78, 5) is 15.4. The van der Waals surface area contributed by atoms with Gasteiger partial charge in [-0.1, -0.05) is 0 Å². The van der Waals surface area contributed by atoms with Crippen LogP contribution in [0.3, 0.4) is 0 Å². The molecule has 0 spiro atoms. The predicted octanol–water partition coefficient (Wildman–Crippen LogP) is 3.05. The number of aromatic nitrogens is 3. The fraction of sp³-hybridized carbons (Fsp3) is 0.273. The van der Waals surface area contributed by atoms with Crippen LogP contribution in [0.5, 0.6) is 11.5 Å². The molecule has 1 aliphatic rings. The third-order valence-corrected chi connectivity index (χ3v) is 4.83. The number of morpholine rings is 1. The van der Waals surface area contributed by atoms with Gasteiger partial charge in [-0.05, 0) is 36.4 Å². The molecule has 11 heteroatoms. The summed E-state index contributed by atoms with van der Waals surface area (Å²) in [5.74, 6) is 2.01. The lowest BCUT2D eigenvalue weighted by Gasteiger charge is -2.27. The van der Waals surface area contributed by atoms with Crippen molar-refractivity contribution in [3.63, 3.8) is 0 Å². The lowest BCUT2D eigenvalue weighted by atomic mass is 10.2. The summed E-state index contributed by atoms with van der Waals surface area (Å²) < 4.78 is 29.3. The van der Waals surface area contributed by atoms with Crippen molar-refractivity contribution in [1.29, 1.82) is 0 Å². The molecule has 172 valence electrons. The minimum Gasteiger partial charge on any atom is -0.497 e. The molecule has 0 unspecified atom stereocenters. The van der Waals surface area contributed by atoms with Crippen LogP contribution in [0.4, 0.5) is 27.9 Å². The Hall–Kier alpha value is -3.99. The first-order chi connectivity index (χ1) is 16.1. The van der Waals surface area contributed by atoms with Crippen molar-refractivity contribution in [2.75, 3.05) is 56.2 Å². The number of halogens is 1. The number of nitrogens with one attached hydrogen (secondary N) is 2. The van der Waals surface area contributed by atoms with Crippen LogP contribution in [-0.2, 0) is 4.74 Å². The highest BCUT2D eigenvalue weighted by atomic mass is 19.1. The van der Waals surface area contributed by atoms with Gasteiger partial charge in [-0.2, -0.15) is 20.1 Å². The molecule has 4 rings (SSSR count). The highest BCUT2D eigenvalue weighted by Gasteiger charge is 2.17. The predicted molar refractivity (Wildman–Crippen MR) is 123 cm³/mol. The number of anilines is 4. The second-order valence-corrected chi connectivity index (χ2v) is 6.99. The van der Waals surface area contributed by atoms with E-state index in [0.717, 1.165) is 5.56 Å². The number of hydrogen-bond donors (Lipinski definition) is 2. The number of hydrazone groups is 1. The van der Waals surface area contributed by atoms with Crippen molar-refractivity contribution in [3.05, 3.63) is 53.8 Å². The van der Waals surface area contributed by atoms with Crippen molar-refractivity contribution in [1.82, 2.24) is 15.0 Å². The van der Waals surface area contributed by atoms with Crippen molar-refractivity contribution in [2.24, 2.45) is 5.10 Å². The Morgan fingerprint density at radius 3 is 2.48 bits per heavy atom. The monoisotopic (exact) mass is 453 g/mol. The Morgan fingerprint density at radius 1 is 1.00 bits per heavy atom. The van der Waals surface area contributed by atoms with Crippen LogP contribution in [0.2, 0.25) is 0 Å². The highest BCUT2D eigenvalue weighted by molar-refractivity contribution is 5.84. The number of hydrogen-bond acceptors (Lipinski definition) is 10. The average molecular weight is 453 g/mol. The van der Waals surface area contributed by atoms with E-state index < -0.39 is 0 Å². The van der Waals surface area contributed by atoms with E-state index in [2.05, 4.69) is 30.8 Å². The van der Waals surface area contributed by atoms with Crippen molar-refractivity contribution in [3.8, 4) is 11.5 Å². The van der Waals surface area contributed by atoms with Crippen LogP contribution in [0, 0.1) is 5.82 Å². The molecule has 0 bridgehead atoms. The molecule has 1 aliphatic heterocycles. The smallest absolute Gasteiger partial charge is 0.250 e. The molecule has 2 heterocycles. The molecule has 3 aromatic rings. The summed E-state index contributed by atoms with van der Waals surface area (Å²) in [6, 6.07) is 11.3. The van der Waals surface area contributed by atoms with E-state index in [1.807, 2.05) is 17.0 Å². The fourth-order valence-electron chi connectivity index (χ4n) is 3.12. The maximum absolute atomic E-state index is 13.2. The van der Waals surface area contributed by atoms with Gasteiger partial charge in [0.25, 0.3) is 0 Å². The van der Waals surface area contributed by atoms with Gasteiger partial charge in [0.1, 0.15) is 17.3 Å². The number of benzene rings is 2. The molecular formula is C22H24FN7O3. The molecule has 10 nitrogen and oxygen atoms in total. The largest absolute Gasteiger partial charge is 0.497 e. The van der Waals surface area contributed by atoms with Crippen LogP contribution in [0.15, 0.2) is 47.6 Å². The maximum Gasteiger partial charge on any atom is 0.250 e. The summed E-state index contributed by atoms with van der Waals surface area (Å²) >= 11 is 0. The van der Waals surface area contributed by atoms with E-state index in [1.165, 1.54) is 12.1 Å². The van der Waals surface area contributed by atoms with E-state index in [0.29, 0.717) is 55.4 Å². The number of rotatable bonds is 8. The first kappa shape index (κ1) is 22.2. The van der Waals surface area contributed by atoms with Gasteiger partial charge in [-0.25, -0.2) is 9.82 Å². The zero-order valence-corrected chi connectivity index (χ0v) is 18.3. The summed E-state index contributed by atoms with van der Waals surface area (Å²) in [7, 11) is 3.17. The Bertz CT molecular complexity index is 1110. The molecule has 0 aliphatic carbocycles. The molecule has 1 fully saturated rings. The zero-order valence-electron chi connectivity index (χ0n) is 18.3. The maximum atomic E-state index is 13.2. The van der Waals surface area contributed by atoms with Crippen LogP contribution >= 0.6 is 0 Å². The van der Waals surface area contributed by atoms with Gasteiger partial charge in [0.15, 0.2) is 0 Å². The third kappa shape index (κ3) is 5.83. The van der Waals surface area contributed by atoms with Gasteiger partial charge in [-0.3, -0.25) is 0 Å². The molecule has 1 saturated heterocycles. The van der Waals surface area contributed by atoms with E-state index in [4.69, 9.17) is 14.2 Å². The number of nitrogens with zero attached hydrogens (tertiary/aromatic N) is 5. The van der Waals surface area contributed by atoms with Gasteiger partial charge in [0.2, 0.25) is 17.8 Å². The van der Waals surface area contributed by atoms with Crippen molar-refractivity contribution in [2.45, 2.75) is 0 Å². The Labute approximate surface area is 190 Å². The molecule has 33 heavy (non-hydrogen) atoms. The second-order valence-electron chi connectivity index (χ2n) is 6.99. The average Bonchev–Trinajstić information content (AvgIpc) is 2.86. The van der Waals surface area contributed by atoms with Crippen LogP contribution < -0.4 is 25.1 Å². The molecule has 1 aromatic heterocycles. The molecule has 0 atom stereocenters. The molecule has 2 aromatic carbocycles. The van der Waals surface area contributed by atoms with E-state index >= 15 is 0 Å². The van der Waals surface area contributed by atoms with Gasteiger partial charge < -0.3 is 24.4 Å². The van der Waals surface area contributed by atoms with E-state index in [-0.39, 0.29) is 11.8 Å². The second kappa shape index (κ2) is 10.6. The van der Waals surface area contributed by atoms with Crippen molar-refractivity contribution < 1.29 is 18.6 Å². The lowest BCUT2D eigenvalue weighted by Crippen LogP contribution is -2.37. The lowest BCUT2D eigenvalue weighted by molar-refractivity contribution is 0.122. The van der Waals surface area contributed by atoms with Gasteiger partial charge in [0.05, 0.1) is 33.6 Å². The molecule has 0 amide bonds. The van der Waals surface area contributed by atoms with E-state index in [1.54, 1.807) is 38.6 Å². The van der Waals surface area contributed by atoms with Crippen LogP contribution in [0.25, 0.3) is 0 Å². The van der Waals surface area contributed by atoms with Gasteiger partial charge >= 0.3 is 0 Å². The zero-order chi connectivity index (χ0) is 23.0. The molecule has 0 saturated carbocycles. The summed E-state index contributed by atoms with van der Waals surface area (Å²) in [5.41, 5.74) is 4.24. The minimum absolute atomic E-state index is 0.250. The van der Waals surface area contributed by atoms with Gasteiger partial charge in [0, 0.05) is 30.4 Å². The Kier molecular flexibility index (Phi) is 7.10. The number of ether oxygens (including phenoxy) is 3. The first-order valence-electron chi connectivity index (χ1n) is 10.3. The molecule has 2 N–H and O–H groups in total. The topological polar surface area (TPSA) is 106 Å². The normalized spacial score (nSPS) is 13.7. The van der Waals surface area contributed by atoms with Crippen LogP contribution in [-0.4, -0.2) is 61.7 Å². The SMILES string of the molecule is COc1ccc(/C=N\Nc2nc(Nc3ccc(F)cc3)nc(N3CCOCC3)n2)c(OC)c1. The van der Waals surface area contributed by atoms with Gasteiger partial charge in [-0.15, -0.1) is 0 Å². The minimum atomic E-state index is -0.323. The summed E-state index contributed by atoms with van der Waals surface area (Å²) in [6.45, 7) is 2.49. The standard InChI is InChI=1S/C22H24FN7O3/c1-31-18-8-3-15(19(13-18)32-2)14-24-29-21-26-20(25-17-6-4-16(23)5-7-17)27-22(28-21)30-9-11-33-12-10-30/h3-8,13-14H,9-12H2,1-2H3,(H2,25,26,27,28,29)/b24-14-. The molecule has 0 radical (unpaired) electrons. The Balaban J connectivity index is 1.57. The first-order valence-corrected chi connectivity index (χ1v) is 10.3. The summed E-state index contributed by atoms with van der Waals surface area (Å²) in [6.07, 6.45) is 1.60. The van der Waals surface area contributed by atoms with E-state index in [9.17, 15) is 4.39 Å². The summed E-state index contributed by atoms with van der Waals surface area (Å²) in [5, 5.41) is 7.33. The third-order valence-electron chi connectivity index (χ3n) is 4.83. The van der Waals surface area contributed by atoms with Crippen molar-refractivity contribution >= 4 is 29.7 Å². The highest BCUT2D eigenvalue weighted by Crippen LogP contribution is 2.23.